The van der Waals surface area contributed by atoms with E-state index in [1.165, 1.54) is 26.0 Å². The highest BCUT2D eigenvalue weighted by atomic mass is 16.7. The van der Waals surface area contributed by atoms with Crippen molar-refractivity contribution in [2.75, 3.05) is 0 Å². The molecule has 3 aromatic carbocycles. The topological polar surface area (TPSA) is 88.1 Å². The Balaban J connectivity index is 1.75. The van der Waals surface area contributed by atoms with Crippen molar-refractivity contribution in [2.45, 2.75) is 26.1 Å². The van der Waals surface area contributed by atoms with Crippen LogP contribution < -0.4 is 18.9 Å². The first-order valence-electron chi connectivity index (χ1n) is 9.35. The number of ketones is 1. The molecule has 150 valence electrons. The van der Waals surface area contributed by atoms with Crippen LogP contribution >= 0.6 is 0 Å². The summed E-state index contributed by atoms with van der Waals surface area (Å²) >= 11 is 0. The number of rotatable bonds is 2. The largest absolute Gasteiger partial charge is 0.447 e. The Kier molecular flexibility index (Phi) is 3.83. The van der Waals surface area contributed by atoms with Crippen LogP contribution in [0.1, 0.15) is 36.2 Å². The summed E-state index contributed by atoms with van der Waals surface area (Å²) in [6.07, 6.45) is -0.167. The molecular weight excluding hydrogens is 388 g/mol. The van der Waals surface area contributed by atoms with E-state index in [4.69, 9.17) is 18.9 Å². The lowest BCUT2D eigenvalue weighted by atomic mass is 10.0. The van der Waals surface area contributed by atoms with E-state index in [1.807, 2.05) is 24.3 Å². The SMILES string of the molecule is CC(=O)Oc1ccc(OC(C)=O)c2c1C(=O)CC21Oc2cccc3cccc(c23)O1. The molecule has 2 aliphatic rings. The number of fused-ring (bicyclic) bond motifs is 2. The number of esters is 2. The van der Waals surface area contributed by atoms with Gasteiger partial charge in [-0.2, -0.15) is 0 Å². The van der Waals surface area contributed by atoms with Gasteiger partial charge in [0.1, 0.15) is 23.0 Å². The predicted octanol–water partition coefficient (Wildman–Crippen LogP) is 3.90. The summed E-state index contributed by atoms with van der Waals surface area (Å²) < 4.78 is 23.1. The number of carbonyl (C=O) groups excluding carboxylic acids is 3. The lowest BCUT2D eigenvalue weighted by molar-refractivity contribution is -0.134. The molecule has 1 aliphatic heterocycles. The molecule has 3 aromatic rings. The Labute approximate surface area is 171 Å². The van der Waals surface area contributed by atoms with Crippen LogP contribution in [0.2, 0.25) is 0 Å². The average molecular weight is 404 g/mol. The summed E-state index contributed by atoms with van der Waals surface area (Å²) in [5.74, 6) is -1.76. The summed E-state index contributed by atoms with van der Waals surface area (Å²) in [7, 11) is 0. The molecule has 0 atom stereocenters. The molecule has 0 saturated heterocycles. The second-order valence-electron chi connectivity index (χ2n) is 7.17. The van der Waals surface area contributed by atoms with Crippen molar-refractivity contribution in [3.63, 3.8) is 0 Å². The van der Waals surface area contributed by atoms with Crippen molar-refractivity contribution in [1.82, 2.24) is 0 Å². The van der Waals surface area contributed by atoms with E-state index in [0.717, 1.165) is 10.8 Å². The van der Waals surface area contributed by atoms with Crippen molar-refractivity contribution in [2.24, 2.45) is 0 Å². The van der Waals surface area contributed by atoms with Crippen molar-refractivity contribution in [3.8, 4) is 23.0 Å². The molecule has 30 heavy (non-hydrogen) atoms. The highest BCUT2D eigenvalue weighted by Gasteiger charge is 2.54. The number of hydrogen-bond acceptors (Lipinski definition) is 7. The Morgan fingerprint density at radius 1 is 0.867 bits per heavy atom. The maximum Gasteiger partial charge on any atom is 0.308 e. The van der Waals surface area contributed by atoms with Crippen molar-refractivity contribution < 1.29 is 33.3 Å². The second kappa shape index (κ2) is 6.32. The number of benzene rings is 3. The summed E-state index contributed by atoms with van der Waals surface area (Å²) in [4.78, 5) is 36.3. The first kappa shape index (κ1) is 18.2. The Morgan fingerprint density at radius 2 is 1.43 bits per heavy atom. The minimum absolute atomic E-state index is 0.0690. The monoisotopic (exact) mass is 404 g/mol. The number of hydrogen-bond donors (Lipinski definition) is 0. The molecular formula is C23H16O7. The summed E-state index contributed by atoms with van der Waals surface area (Å²) in [6, 6.07) is 14.0. The number of carbonyl (C=O) groups is 3. The fraction of sp³-hybridized carbons (Fsp3) is 0.174. The standard InChI is InChI=1S/C23H16O7/c1-12(24)27-16-9-10-19(28-13(2)25)22-21(16)15(26)11-23(22)29-17-7-3-5-14-6-4-8-18(30-23)20(14)17/h3-10H,11H2,1-2H3. The zero-order chi connectivity index (χ0) is 21.0. The van der Waals surface area contributed by atoms with Gasteiger partial charge in [0.15, 0.2) is 5.78 Å². The van der Waals surface area contributed by atoms with E-state index in [2.05, 4.69) is 0 Å². The third-order valence-corrected chi connectivity index (χ3v) is 5.07. The van der Waals surface area contributed by atoms with Gasteiger partial charge in [-0.1, -0.05) is 24.3 Å². The van der Waals surface area contributed by atoms with Gasteiger partial charge < -0.3 is 18.9 Å². The second-order valence-corrected chi connectivity index (χ2v) is 7.17. The van der Waals surface area contributed by atoms with Crippen LogP contribution in [-0.4, -0.2) is 17.7 Å². The lowest BCUT2D eigenvalue weighted by Crippen LogP contribution is -2.40. The van der Waals surface area contributed by atoms with Gasteiger partial charge in [-0.15, -0.1) is 0 Å². The molecule has 0 N–H and O–H groups in total. The molecule has 0 aromatic heterocycles. The molecule has 0 radical (unpaired) electrons. The Hall–Kier alpha value is -3.87. The first-order valence-corrected chi connectivity index (χ1v) is 9.35. The van der Waals surface area contributed by atoms with Gasteiger partial charge in [0.25, 0.3) is 5.79 Å². The van der Waals surface area contributed by atoms with Gasteiger partial charge in [-0.3, -0.25) is 14.4 Å². The molecule has 1 aliphatic carbocycles. The third kappa shape index (κ3) is 2.62. The van der Waals surface area contributed by atoms with Gasteiger partial charge in [0, 0.05) is 13.8 Å². The highest BCUT2D eigenvalue weighted by molar-refractivity contribution is 6.06. The fourth-order valence-corrected chi connectivity index (χ4v) is 4.08. The molecule has 7 heteroatoms. The molecule has 1 heterocycles. The van der Waals surface area contributed by atoms with E-state index >= 15 is 0 Å². The third-order valence-electron chi connectivity index (χ3n) is 5.07. The molecule has 7 nitrogen and oxygen atoms in total. The minimum Gasteiger partial charge on any atom is -0.447 e. The molecule has 0 saturated carbocycles. The molecule has 0 amide bonds. The zero-order valence-corrected chi connectivity index (χ0v) is 16.2. The van der Waals surface area contributed by atoms with Gasteiger partial charge in [0.05, 0.1) is 22.9 Å². The zero-order valence-electron chi connectivity index (χ0n) is 16.2. The minimum atomic E-state index is -1.55. The van der Waals surface area contributed by atoms with Gasteiger partial charge in [-0.05, 0) is 29.7 Å². The van der Waals surface area contributed by atoms with Crippen LogP contribution in [0.4, 0.5) is 0 Å². The van der Waals surface area contributed by atoms with Crippen molar-refractivity contribution >= 4 is 28.5 Å². The van der Waals surface area contributed by atoms with Crippen LogP contribution in [-0.2, 0) is 15.4 Å². The first-order chi connectivity index (χ1) is 14.4. The van der Waals surface area contributed by atoms with Gasteiger partial charge in [-0.25, -0.2) is 0 Å². The van der Waals surface area contributed by atoms with E-state index in [9.17, 15) is 14.4 Å². The molecule has 1 spiro atoms. The normalized spacial score (nSPS) is 15.3. The Bertz CT molecular complexity index is 1220. The summed E-state index contributed by atoms with van der Waals surface area (Å²) in [5.41, 5.74) is 0.337. The quantitative estimate of drug-likeness (QED) is 0.473. The smallest absolute Gasteiger partial charge is 0.308 e. The summed E-state index contributed by atoms with van der Waals surface area (Å²) in [5, 5.41) is 1.72. The van der Waals surface area contributed by atoms with E-state index in [-0.39, 0.29) is 34.8 Å². The Morgan fingerprint density at radius 3 is 2.03 bits per heavy atom. The molecule has 0 unspecified atom stereocenters. The highest BCUT2D eigenvalue weighted by Crippen LogP contribution is 2.54. The van der Waals surface area contributed by atoms with Crippen LogP contribution in [0.15, 0.2) is 48.5 Å². The van der Waals surface area contributed by atoms with Crippen LogP contribution in [0.25, 0.3) is 10.8 Å². The van der Waals surface area contributed by atoms with Crippen LogP contribution in [0, 0.1) is 0 Å². The summed E-state index contributed by atoms with van der Waals surface area (Å²) in [6.45, 7) is 2.50. The van der Waals surface area contributed by atoms with Crippen LogP contribution in [0.5, 0.6) is 23.0 Å². The predicted molar refractivity (Wildman–Crippen MR) is 105 cm³/mol. The maximum atomic E-state index is 13.0. The average Bonchev–Trinajstić information content (AvgIpc) is 2.95. The van der Waals surface area contributed by atoms with Gasteiger partial charge in [0.2, 0.25) is 0 Å². The molecule has 0 bridgehead atoms. The van der Waals surface area contributed by atoms with Crippen molar-refractivity contribution in [3.05, 3.63) is 59.7 Å². The number of ether oxygens (including phenoxy) is 4. The maximum absolute atomic E-state index is 13.0. The van der Waals surface area contributed by atoms with E-state index in [1.54, 1.807) is 12.1 Å². The molecule has 0 fully saturated rings. The van der Waals surface area contributed by atoms with Crippen molar-refractivity contribution in [1.29, 1.82) is 0 Å². The molecule has 5 rings (SSSR count). The van der Waals surface area contributed by atoms with Gasteiger partial charge >= 0.3 is 11.9 Å². The fourth-order valence-electron chi connectivity index (χ4n) is 4.08. The lowest BCUT2D eigenvalue weighted by Gasteiger charge is -2.36. The van der Waals surface area contributed by atoms with E-state index < -0.39 is 17.7 Å². The van der Waals surface area contributed by atoms with E-state index in [0.29, 0.717) is 11.5 Å². The van der Waals surface area contributed by atoms with Crippen LogP contribution in [0.3, 0.4) is 0 Å². The number of Topliss-reactive ketones (excluding diaryl/α,β-unsaturated/α-hetero) is 1.